The van der Waals surface area contributed by atoms with Crippen LogP contribution in [-0.2, 0) is 9.53 Å². The van der Waals surface area contributed by atoms with Crippen LogP contribution in [0.15, 0.2) is 30.7 Å². The molecule has 1 heterocycles. The van der Waals surface area contributed by atoms with Crippen molar-refractivity contribution < 1.29 is 14.3 Å². The number of ether oxygens (including phenoxy) is 1. The molecule has 1 aromatic carbocycles. The molecule has 0 aliphatic rings. The van der Waals surface area contributed by atoms with Crippen LogP contribution in [0.5, 0.6) is 0 Å². The van der Waals surface area contributed by atoms with Gasteiger partial charge in [-0.05, 0) is 18.2 Å². The monoisotopic (exact) mass is 231 g/mol. The minimum atomic E-state index is -0.811. The third kappa shape index (κ3) is 2.75. The van der Waals surface area contributed by atoms with Gasteiger partial charge in [-0.2, -0.15) is 0 Å². The molecular formula is C11H9N3O3. The first-order valence-electron chi connectivity index (χ1n) is 4.84. The number of hydrogen-bond donors (Lipinski definition) is 1. The Bertz CT molecular complexity index is 583. The van der Waals surface area contributed by atoms with Gasteiger partial charge in [0, 0.05) is 24.2 Å². The van der Waals surface area contributed by atoms with E-state index in [0.717, 1.165) is 17.8 Å². The Balaban J connectivity index is 2.19. The fourth-order valence-electron chi connectivity index (χ4n) is 1.34. The molecule has 1 N–H and O–H groups in total. The second kappa shape index (κ2) is 4.56. The Hall–Kier alpha value is -2.50. The summed E-state index contributed by atoms with van der Waals surface area (Å²) < 4.78 is 4.35. The fourth-order valence-corrected chi connectivity index (χ4v) is 1.34. The van der Waals surface area contributed by atoms with Gasteiger partial charge in [0.05, 0.1) is 5.52 Å². The van der Waals surface area contributed by atoms with Crippen LogP contribution in [0, 0.1) is 0 Å². The van der Waals surface area contributed by atoms with Gasteiger partial charge in [0.25, 0.3) is 0 Å². The van der Waals surface area contributed by atoms with E-state index in [1.54, 1.807) is 24.4 Å². The second-order valence-electron chi connectivity index (χ2n) is 3.30. The van der Waals surface area contributed by atoms with E-state index in [2.05, 4.69) is 20.0 Å². The Kier molecular flexibility index (Phi) is 2.95. The molecular weight excluding hydrogens is 222 g/mol. The van der Waals surface area contributed by atoms with Crippen LogP contribution in [0.3, 0.4) is 0 Å². The predicted octanol–water partition coefficient (Wildman–Crippen LogP) is 1.72. The van der Waals surface area contributed by atoms with Crippen molar-refractivity contribution in [2.24, 2.45) is 0 Å². The molecule has 0 spiro atoms. The number of esters is 1. The number of anilines is 1. The van der Waals surface area contributed by atoms with Crippen LogP contribution in [0.4, 0.5) is 10.5 Å². The first-order valence-corrected chi connectivity index (χ1v) is 4.84. The van der Waals surface area contributed by atoms with Crippen molar-refractivity contribution >= 4 is 28.7 Å². The van der Waals surface area contributed by atoms with E-state index in [-0.39, 0.29) is 0 Å². The molecule has 6 heteroatoms. The number of hydrogen-bond acceptors (Lipinski definition) is 5. The molecule has 0 aliphatic carbocycles. The van der Waals surface area contributed by atoms with E-state index >= 15 is 0 Å². The average Bonchev–Trinajstić information content (AvgIpc) is 2.27. The number of fused-ring (bicyclic) bond motifs is 1. The average molecular weight is 231 g/mol. The van der Waals surface area contributed by atoms with E-state index in [1.807, 2.05) is 0 Å². The zero-order valence-electron chi connectivity index (χ0n) is 9.01. The fraction of sp³-hybridized carbons (Fsp3) is 0.0909. The molecule has 0 atom stereocenters. The summed E-state index contributed by atoms with van der Waals surface area (Å²) in [5, 5.41) is 3.21. The molecule has 17 heavy (non-hydrogen) atoms. The number of benzene rings is 1. The summed E-state index contributed by atoms with van der Waals surface area (Å²) >= 11 is 0. The summed E-state index contributed by atoms with van der Waals surface area (Å²) in [7, 11) is 0. The van der Waals surface area contributed by atoms with E-state index in [0.29, 0.717) is 5.69 Å². The van der Waals surface area contributed by atoms with E-state index in [9.17, 15) is 9.59 Å². The second-order valence-corrected chi connectivity index (χ2v) is 3.30. The lowest BCUT2D eigenvalue weighted by molar-refractivity contribution is -0.134. The Morgan fingerprint density at radius 1 is 1.35 bits per heavy atom. The van der Waals surface area contributed by atoms with E-state index in [4.69, 9.17) is 0 Å². The first kappa shape index (κ1) is 11.0. The zero-order valence-corrected chi connectivity index (χ0v) is 9.01. The van der Waals surface area contributed by atoms with Crippen molar-refractivity contribution in [1.82, 2.24) is 9.97 Å². The zero-order chi connectivity index (χ0) is 12.3. The van der Waals surface area contributed by atoms with Crippen molar-refractivity contribution in [1.29, 1.82) is 0 Å². The van der Waals surface area contributed by atoms with Gasteiger partial charge < -0.3 is 4.74 Å². The van der Waals surface area contributed by atoms with Crippen molar-refractivity contribution in [3.8, 4) is 0 Å². The molecule has 6 nitrogen and oxygen atoms in total. The smallest absolute Gasteiger partial charge is 0.376 e. The number of nitrogens with one attached hydrogen (secondary N) is 1. The van der Waals surface area contributed by atoms with Gasteiger partial charge in [0.1, 0.15) is 6.33 Å². The summed E-state index contributed by atoms with van der Waals surface area (Å²) in [5.41, 5.74) is 1.28. The van der Waals surface area contributed by atoms with Crippen LogP contribution in [0.25, 0.3) is 10.9 Å². The maximum absolute atomic E-state index is 11.2. The summed E-state index contributed by atoms with van der Waals surface area (Å²) in [5.74, 6) is -0.661. The molecule has 0 saturated carbocycles. The molecule has 0 aliphatic heterocycles. The minimum absolute atomic E-state index is 0.513. The molecule has 0 saturated heterocycles. The SMILES string of the molecule is CC(=O)OC(=O)Nc1ccc2ncncc2c1. The van der Waals surface area contributed by atoms with Crippen LogP contribution < -0.4 is 5.32 Å². The molecule has 0 fully saturated rings. The number of carbonyl (C=O) groups excluding carboxylic acids is 2. The Labute approximate surface area is 96.6 Å². The summed E-state index contributed by atoms with van der Waals surface area (Å²) in [6.07, 6.45) is 2.26. The van der Waals surface area contributed by atoms with Gasteiger partial charge in [0.2, 0.25) is 0 Å². The summed E-state index contributed by atoms with van der Waals surface area (Å²) in [4.78, 5) is 29.6. The van der Waals surface area contributed by atoms with Crippen LogP contribution in [-0.4, -0.2) is 22.0 Å². The largest absolute Gasteiger partial charge is 0.419 e. The summed E-state index contributed by atoms with van der Waals surface area (Å²) in [6.45, 7) is 1.16. The number of aromatic nitrogens is 2. The predicted molar refractivity (Wildman–Crippen MR) is 60.3 cm³/mol. The lowest BCUT2D eigenvalue weighted by atomic mass is 10.2. The van der Waals surface area contributed by atoms with Gasteiger partial charge in [-0.3, -0.25) is 10.1 Å². The maximum Gasteiger partial charge on any atom is 0.419 e. The van der Waals surface area contributed by atoms with Gasteiger partial charge in [-0.15, -0.1) is 0 Å². The lowest BCUT2D eigenvalue weighted by Crippen LogP contribution is -2.16. The lowest BCUT2D eigenvalue weighted by Gasteiger charge is -2.04. The molecule has 0 unspecified atom stereocenters. The molecule has 0 radical (unpaired) electrons. The first-order chi connectivity index (χ1) is 8.15. The topological polar surface area (TPSA) is 81.2 Å². The maximum atomic E-state index is 11.2. The molecule has 1 aromatic heterocycles. The van der Waals surface area contributed by atoms with Crippen LogP contribution in [0.2, 0.25) is 0 Å². The highest BCUT2D eigenvalue weighted by atomic mass is 16.6. The van der Waals surface area contributed by atoms with E-state index < -0.39 is 12.1 Å². The molecule has 86 valence electrons. The van der Waals surface area contributed by atoms with Crippen LogP contribution in [0.1, 0.15) is 6.92 Å². The number of nitrogens with zero attached hydrogens (tertiary/aromatic N) is 2. The van der Waals surface area contributed by atoms with Crippen molar-refractivity contribution in [3.05, 3.63) is 30.7 Å². The third-order valence-corrected chi connectivity index (χ3v) is 1.99. The normalized spacial score (nSPS) is 9.94. The van der Waals surface area contributed by atoms with Gasteiger partial charge in [-0.1, -0.05) is 0 Å². The molecule has 2 rings (SSSR count). The van der Waals surface area contributed by atoms with E-state index in [1.165, 1.54) is 6.33 Å². The molecule has 1 amide bonds. The molecule has 0 bridgehead atoms. The molecule has 2 aromatic rings. The quantitative estimate of drug-likeness (QED) is 0.597. The van der Waals surface area contributed by atoms with Crippen molar-refractivity contribution in [3.63, 3.8) is 0 Å². The number of carbonyl (C=O) groups is 2. The summed E-state index contributed by atoms with van der Waals surface area (Å²) in [6, 6.07) is 5.09. The van der Waals surface area contributed by atoms with Crippen molar-refractivity contribution in [2.45, 2.75) is 6.92 Å². The third-order valence-electron chi connectivity index (χ3n) is 1.99. The Morgan fingerprint density at radius 3 is 2.94 bits per heavy atom. The van der Waals surface area contributed by atoms with Gasteiger partial charge in [0.15, 0.2) is 0 Å². The number of amides is 1. The van der Waals surface area contributed by atoms with Gasteiger partial charge in [-0.25, -0.2) is 14.8 Å². The minimum Gasteiger partial charge on any atom is -0.376 e. The highest BCUT2D eigenvalue weighted by Crippen LogP contribution is 2.16. The van der Waals surface area contributed by atoms with Crippen LogP contribution >= 0.6 is 0 Å². The Morgan fingerprint density at radius 2 is 2.18 bits per heavy atom. The van der Waals surface area contributed by atoms with Crippen molar-refractivity contribution in [2.75, 3.05) is 5.32 Å². The highest BCUT2D eigenvalue weighted by molar-refractivity contribution is 5.94. The highest BCUT2D eigenvalue weighted by Gasteiger charge is 2.06. The number of rotatable bonds is 1. The van der Waals surface area contributed by atoms with Gasteiger partial charge >= 0.3 is 12.1 Å². The standard InChI is InChI=1S/C11H9N3O3/c1-7(15)17-11(16)14-9-2-3-10-8(4-9)5-12-6-13-10/h2-6H,1H3,(H,14,16).